The lowest BCUT2D eigenvalue weighted by molar-refractivity contribution is -0.129. The van der Waals surface area contributed by atoms with Gasteiger partial charge in [0, 0.05) is 18.7 Å². The van der Waals surface area contributed by atoms with E-state index in [0.29, 0.717) is 40.0 Å². The molecule has 8 heteroatoms. The Bertz CT molecular complexity index is 1250. The Hall–Kier alpha value is -3.49. The number of nitrogens with zero attached hydrogens (tertiary/aromatic N) is 3. The maximum absolute atomic E-state index is 13.8. The number of likely N-dealkylation sites (N-methyl/N-ethyl adjacent to an activating group) is 1. The van der Waals surface area contributed by atoms with Gasteiger partial charge < -0.3 is 19.6 Å². The van der Waals surface area contributed by atoms with Gasteiger partial charge >= 0.3 is 0 Å². The molecule has 1 aromatic heterocycles. The first-order valence-electron chi connectivity index (χ1n) is 10.9. The Morgan fingerprint density at radius 3 is 2.59 bits per heavy atom. The van der Waals surface area contributed by atoms with E-state index in [0.717, 1.165) is 5.56 Å². The summed E-state index contributed by atoms with van der Waals surface area (Å²) in [6.07, 6.45) is 0. The van der Waals surface area contributed by atoms with E-state index in [1.165, 1.54) is 11.3 Å². The van der Waals surface area contributed by atoms with E-state index in [2.05, 4.69) is 4.98 Å². The first-order valence-corrected chi connectivity index (χ1v) is 11.7. The number of ketones is 1. The van der Waals surface area contributed by atoms with E-state index in [1.54, 1.807) is 31.1 Å². The van der Waals surface area contributed by atoms with Crippen LogP contribution in [0.5, 0.6) is 5.75 Å². The van der Waals surface area contributed by atoms with Crippen LogP contribution in [0, 0.1) is 6.92 Å². The van der Waals surface area contributed by atoms with Crippen molar-refractivity contribution in [2.75, 3.05) is 34.3 Å². The van der Waals surface area contributed by atoms with Gasteiger partial charge in [-0.25, -0.2) is 4.98 Å². The molecule has 3 aromatic rings. The van der Waals surface area contributed by atoms with E-state index in [4.69, 9.17) is 4.74 Å². The number of hydrogen-bond donors (Lipinski definition) is 1. The van der Waals surface area contributed by atoms with Crippen molar-refractivity contribution in [3.8, 4) is 16.3 Å². The van der Waals surface area contributed by atoms with Crippen LogP contribution in [0.25, 0.3) is 10.6 Å². The molecule has 0 spiro atoms. The maximum atomic E-state index is 13.8. The summed E-state index contributed by atoms with van der Waals surface area (Å²) < 4.78 is 5.37. The van der Waals surface area contributed by atoms with Gasteiger partial charge in [-0.3, -0.25) is 9.59 Å². The molecule has 0 saturated heterocycles. The number of aliphatic hydroxyl groups excluding tert-OH is 1. The predicted octanol–water partition coefficient (Wildman–Crippen LogP) is 4.27. The summed E-state index contributed by atoms with van der Waals surface area (Å²) in [5.74, 6) is -0.839. The highest BCUT2D eigenvalue weighted by atomic mass is 32.1. The molecule has 1 aliphatic heterocycles. The standard InChI is InChI=1S/C26H27N3O4S/c1-16-24(34-25(27-16)17-9-6-5-7-10-17)22(30)20-21(18-11-8-12-19(15-18)33-4)29(14-13-28(2)3)26(32)23(20)31/h5-12,15,21,31H,13-14H2,1-4H3. The van der Waals surface area contributed by atoms with Crippen LogP contribution in [0.15, 0.2) is 65.9 Å². The normalized spacial score (nSPS) is 16.0. The monoisotopic (exact) mass is 477 g/mol. The van der Waals surface area contributed by atoms with Gasteiger partial charge in [0.05, 0.1) is 29.3 Å². The number of aryl methyl sites for hydroxylation is 1. The average Bonchev–Trinajstić information content (AvgIpc) is 3.35. The Morgan fingerprint density at radius 2 is 1.91 bits per heavy atom. The number of rotatable bonds is 8. The number of amides is 1. The van der Waals surface area contributed by atoms with Gasteiger partial charge in [-0.05, 0) is 38.7 Å². The van der Waals surface area contributed by atoms with Crippen LogP contribution in [0.1, 0.15) is 27.0 Å². The maximum Gasteiger partial charge on any atom is 0.290 e. The van der Waals surface area contributed by atoms with Crippen LogP contribution in [-0.2, 0) is 4.79 Å². The molecule has 1 N–H and O–H groups in total. The molecular formula is C26H27N3O4S. The van der Waals surface area contributed by atoms with E-state index >= 15 is 0 Å². The van der Waals surface area contributed by atoms with Gasteiger partial charge in [-0.15, -0.1) is 11.3 Å². The number of carbonyl (C=O) groups excluding carboxylic acids is 2. The van der Waals surface area contributed by atoms with Crippen molar-refractivity contribution < 1.29 is 19.4 Å². The van der Waals surface area contributed by atoms with E-state index in [9.17, 15) is 14.7 Å². The number of methoxy groups -OCH3 is 1. The lowest BCUT2D eigenvalue weighted by Gasteiger charge is -2.28. The number of Topliss-reactive ketones (excluding diaryl/α,β-unsaturated/α-hetero) is 1. The van der Waals surface area contributed by atoms with Crippen molar-refractivity contribution in [1.29, 1.82) is 0 Å². The fourth-order valence-electron chi connectivity index (χ4n) is 4.02. The summed E-state index contributed by atoms with van der Waals surface area (Å²) >= 11 is 1.27. The van der Waals surface area contributed by atoms with E-state index < -0.39 is 17.7 Å². The summed E-state index contributed by atoms with van der Waals surface area (Å²) in [6, 6.07) is 16.1. The summed E-state index contributed by atoms with van der Waals surface area (Å²) in [6.45, 7) is 2.71. The summed E-state index contributed by atoms with van der Waals surface area (Å²) in [4.78, 5) is 35.4. The highest BCUT2D eigenvalue weighted by Gasteiger charge is 2.44. The summed E-state index contributed by atoms with van der Waals surface area (Å²) in [7, 11) is 5.38. The van der Waals surface area contributed by atoms with Gasteiger partial charge in [-0.1, -0.05) is 42.5 Å². The van der Waals surface area contributed by atoms with Crippen LogP contribution in [0.4, 0.5) is 0 Å². The average molecular weight is 478 g/mol. The lowest BCUT2D eigenvalue weighted by Crippen LogP contribution is -2.36. The van der Waals surface area contributed by atoms with Crippen LogP contribution in [0.3, 0.4) is 0 Å². The molecule has 176 valence electrons. The lowest BCUT2D eigenvalue weighted by atomic mass is 9.95. The number of aliphatic hydroxyl groups is 1. The smallest absolute Gasteiger partial charge is 0.290 e. The zero-order valence-corrected chi connectivity index (χ0v) is 20.4. The van der Waals surface area contributed by atoms with E-state index in [1.807, 2.05) is 61.5 Å². The fraction of sp³-hybridized carbons (Fsp3) is 0.269. The van der Waals surface area contributed by atoms with Gasteiger partial charge in [0.15, 0.2) is 5.76 Å². The van der Waals surface area contributed by atoms with E-state index in [-0.39, 0.29) is 11.4 Å². The molecule has 2 aromatic carbocycles. The van der Waals surface area contributed by atoms with Crippen molar-refractivity contribution in [2.24, 2.45) is 0 Å². The molecule has 0 aliphatic carbocycles. The van der Waals surface area contributed by atoms with Crippen molar-refractivity contribution in [2.45, 2.75) is 13.0 Å². The minimum absolute atomic E-state index is 0.0726. The molecule has 34 heavy (non-hydrogen) atoms. The fourth-order valence-corrected chi connectivity index (χ4v) is 5.04. The Morgan fingerprint density at radius 1 is 1.18 bits per heavy atom. The summed E-state index contributed by atoms with van der Waals surface area (Å²) in [5.41, 5.74) is 2.25. The van der Waals surface area contributed by atoms with Crippen LogP contribution < -0.4 is 4.74 Å². The Balaban J connectivity index is 1.78. The third-order valence-electron chi connectivity index (χ3n) is 5.77. The van der Waals surface area contributed by atoms with Gasteiger partial charge in [-0.2, -0.15) is 0 Å². The SMILES string of the molecule is COc1cccc(C2C(C(=O)c3sc(-c4ccccc4)nc3C)=C(O)C(=O)N2CCN(C)C)c1. The number of hydrogen-bond acceptors (Lipinski definition) is 7. The topological polar surface area (TPSA) is 83.0 Å². The predicted molar refractivity (Wildman–Crippen MR) is 132 cm³/mol. The van der Waals surface area contributed by atoms with Crippen LogP contribution in [0.2, 0.25) is 0 Å². The third kappa shape index (κ3) is 4.47. The van der Waals surface area contributed by atoms with Crippen molar-refractivity contribution in [1.82, 2.24) is 14.8 Å². The van der Waals surface area contributed by atoms with Gasteiger partial charge in [0.2, 0.25) is 5.78 Å². The largest absolute Gasteiger partial charge is 0.503 e. The summed E-state index contributed by atoms with van der Waals surface area (Å²) in [5, 5.41) is 11.6. The quantitative estimate of drug-likeness (QED) is 0.488. The molecule has 1 aliphatic rings. The molecule has 0 fully saturated rings. The van der Waals surface area contributed by atoms with Gasteiger partial charge in [0.25, 0.3) is 5.91 Å². The number of carbonyl (C=O) groups is 2. The Labute approximate surface area is 202 Å². The Kier molecular flexibility index (Phi) is 6.81. The highest BCUT2D eigenvalue weighted by Crippen LogP contribution is 2.41. The zero-order chi connectivity index (χ0) is 24.4. The second-order valence-corrected chi connectivity index (χ2v) is 9.37. The molecule has 2 heterocycles. The van der Waals surface area contributed by atoms with Crippen molar-refractivity contribution in [3.05, 3.63) is 82.1 Å². The molecule has 0 radical (unpaired) electrons. The molecule has 0 saturated carbocycles. The second kappa shape index (κ2) is 9.79. The van der Waals surface area contributed by atoms with Gasteiger partial charge in [0.1, 0.15) is 10.8 Å². The molecular weight excluding hydrogens is 450 g/mol. The minimum Gasteiger partial charge on any atom is -0.503 e. The third-order valence-corrected chi connectivity index (χ3v) is 6.97. The first-order chi connectivity index (χ1) is 16.3. The number of ether oxygens (including phenoxy) is 1. The molecule has 1 unspecified atom stereocenters. The number of aromatic nitrogens is 1. The zero-order valence-electron chi connectivity index (χ0n) is 19.6. The number of benzene rings is 2. The first kappa shape index (κ1) is 23.7. The number of thiazole rings is 1. The second-order valence-electron chi connectivity index (χ2n) is 8.37. The van der Waals surface area contributed by atoms with Crippen LogP contribution >= 0.6 is 11.3 Å². The molecule has 0 bridgehead atoms. The van der Waals surface area contributed by atoms with Crippen molar-refractivity contribution in [3.63, 3.8) is 0 Å². The molecule has 7 nitrogen and oxygen atoms in total. The van der Waals surface area contributed by atoms with Crippen molar-refractivity contribution >= 4 is 23.0 Å². The molecule has 1 amide bonds. The highest BCUT2D eigenvalue weighted by molar-refractivity contribution is 7.17. The molecule has 4 rings (SSSR count). The minimum atomic E-state index is -0.725. The molecule has 1 atom stereocenters. The van der Waals surface area contributed by atoms with Crippen LogP contribution in [-0.4, -0.2) is 65.9 Å².